The third-order valence-corrected chi connectivity index (χ3v) is 3.85. The van der Waals surface area contributed by atoms with Crippen LogP contribution in [0.15, 0.2) is 0 Å². The smallest absolute Gasteiger partial charge is 0.277 e. The zero-order chi connectivity index (χ0) is 12.2. The Morgan fingerprint density at radius 2 is 2.06 bits per heavy atom. The minimum Gasteiger partial charge on any atom is -0.314 e. The van der Waals surface area contributed by atoms with Gasteiger partial charge >= 0.3 is 0 Å². The van der Waals surface area contributed by atoms with Gasteiger partial charge in [0.05, 0.1) is 0 Å². The zero-order valence-corrected chi connectivity index (χ0v) is 11.2. The zero-order valence-electron chi connectivity index (χ0n) is 10.3. The summed E-state index contributed by atoms with van der Waals surface area (Å²) in [6.45, 7) is 7.01. The molecular weight excluding hydrogens is 226 g/mol. The van der Waals surface area contributed by atoms with Crippen molar-refractivity contribution in [2.75, 3.05) is 13.1 Å². The van der Waals surface area contributed by atoms with Gasteiger partial charge in [0.2, 0.25) is 0 Å². The fourth-order valence-corrected chi connectivity index (χ4v) is 3.07. The lowest BCUT2D eigenvalue weighted by Gasteiger charge is -2.21. The molecule has 0 spiro atoms. The molecule has 1 atom stereocenters. The van der Waals surface area contributed by atoms with Gasteiger partial charge in [0, 0.05) is 18.1 Å². The van der Waals surface area contributed by atoms with E-state index in [0.717, 1.165) is 19.4 Å². The van der Waals surface area contributed by atoms with Crippen molar-refractivity contribution in [3.05, 3.63) is 0 Å². The Balaban J connectivity index is 2.25. The van der Waals surface area contributed by atoms with Crippen molar-refractivity contribution in [3.63, 3.8) is 0 Å². The van der Waals surface area contributed by atoms with E-state index in [0.29, 0.717) is 12.6 Å². The van der Waals surface area contributed by atoms with Crippen molar-refractivity contribution < 1.29 is 8.42 Å². The lowest BCUT2D eigenvalue weighted by Crippen LogP contribution is -2.47. The van der Waals surface area contributed by atoms with E-state index in [1.54, 1.807) is 0 Å². The van der Waals surface area contributed by atoms with Crippen LogP contribution in [-0.2, 0) is 10.2 Å². The first-order valence-corrected chi connectivity index (χ1v) is 7.29. The molecular formula is C10H23N3O2S. The fourth-order valence-electron chi connectivity index (χ4n) is 1.81. The minimum atomic E-state index is -3.36. The molecule has 0 aromatic rings. The molecule has 0 aliphatic carbocycles. The normalized spacial score (nSPS) is 22.6. The number of rotatable bonds is 5. The molecule has 0 unspecified atom stereocenters. The molecule has 0 aromatic carbocycles. The van der Waals surface area contributed by atoms with Crippen LogP contribution in [0.3, 0.4) is 0 Å². The molecule has 0 aromatic heterocycles. The number of nitrogens with one attached hydrogen (secondary N) is 3. The Morgan fingerprint density at radius 3 is 2.56 bits per heavy atom. The third kappa shape index (κ3) is 5.79. The van der Waals surface area contributed by atoms with Crippen LogP contribution in [0, 0.1) is 0 Å². The van der Waals surface area contributed by atoms with E-state index in [1.807, 2.05) is 20.8 Å². The van der Waals surface area contributed by atoms with E-state index in [-0.39, 0.29) is 0 Å². The van der Waals surface area contributed by atoms with Crippen molar-refractivity contribution in [2.45, 2.75) is 51.6 Å². The highest BCUT2D eigenvalue weighted by Gasteiger charge is 2.20. The lowest BCUT2D eigenvalue weighted by atomic mass is 10.1. The molecule has 0 bridgehead atoms. The van der Waals surface area contributed by atoms with E-state index < -0.39 is 15.7 Å². The quantitative estimate of drug-likeness (QED) is 0.658. The summed E-state index contributed by atoms with van der Waals surface area (Å²) in [6, 6.07) is 0.470. The van der Waals surface area contributed by atoms with Crippen molar-refractivity contribution >= 4 is 10.2 Å². The Morgan fingerprint density at radius 1 is 1.38 bits per heavy atom. The van der Waals surface area contributed by atoms with E-state index in [4.69, 9.17) is 0 Å². The second-order valence-electron chi connectivity index (χ2n) is 5.33. The highest BCUT2D eigenvalue weighted by molar-refractivity contribution is 7.87. The first-order valence-electron chi connectivity index (χ1n) is 5.80. The SMILES string of the molecule is CC(C)(C)NS(=O)(=O)NCC[C@@H]1CCCN1. The van der Waals surface area contributed by atoms with Gasteiger partial charge in [-0.3, -0.25) is 0 Å². The predicted octanol–water partition coefficient (Wildman–Crippen LogP) is 0.351. The first-order chi connectivity index (χ1) is 7.29. The van der Waals surface area contributed by atoms with Gasteiger partial charge in [0.1, 0.15) is 0 Å². The molecule has 1 fully saturated rings. The summed E-state index contributed by atoms with van der Waals surface area (Å²) >= 11 is 0. The Hall–Kier alpha value is -0.170. The summed E-state index contributed by atoms with van der Waals surface area (Å²) in [4.78, 5) is 0. The Kier molecular flexibility index (Phi) is 4.73. The van der Waals surface area contributed by atoms with Gasteiger partial charge in [-0.25, -0.2) is 4.72 Å². The second-order valence-corrected chi connectivity index (χ2v) is 6.83. The van der Waals surface area contributed by atoms with Crippen LogP contribution in [0.5, 0.6) is 0 Å². The topological polar surface area (TPSA) is 70.2 Å². The molecule has 1 aliphatic rings. The lowest BCUT2D eigenvalue weighted by molar-refractivity contribution is 0.478. The van der Waals surface area contributed by atoms with Crippen LogP contribution in [0.25, 0.3) is 0 Å². The van der Waals surface area contributed by atoms with E-state index in [2.05, 4.69) is 14.8 Å². The number of hydrogen-bond acceptors (Lipinski definition) is 3. The molecule has 1 heterocycles. The number of hydrogen-bond donors (Lipinski definition) is 3. The maximum atomic E-state index is 11.6. The average molecular weight is 249 g/mol. The molecule has 5 nitrogen and oxygen atoms in total. The van der Waals surface area contributed by atoms with E-state index in [1.165, 1.54) is 6.42 Å². The third-order valence-electron chi connectivity index (χ3n) is 2.39. The van der Waals surface area contributed by atoms with Crippen molar-refractivity contribution in [3.8, 4) is 0 Å². The van der Waals surface area contributed by atoms with Gasteiger partial charge in [-0.15, -0.1) is 0 Å². The largest absolute Gasteiger partial charge is 0.314 e. The Labute approximate surface area is 98.6 Å². The summed E-state index contributed by atoms with van der Waals surface area (Å²) < 4.78 is 28.3. The molecule has 3 N–H and O–H groups in total. The molecule has 0 saturated carbocycles. The van der Waals surface area contributed by atoms with Gasteiger partial charge in [-0.1, -0.05) is 0 Å². The minimum absolute atomic E-state index is 0.433. The van der Waals surface area contributed by atoms with Crippen LogP contribution < -0.4 is 14.8 Å². The molecule has 0 amide bonds. The molecule has 16 heavy (non-hydrogen) atoms. The first kappa shape index (κ1) is 13.9. The van der Waals surface area contributed by atoms with Crippen LogP contribution in [0.2, 0.25) is 0 Å². The molecule has 0 radical (unpaired) electrons. The second kappa shape index (κ2) is 5.44. The molecule has 96 valence electrons. The molecule has 6 heteroatoms. The van der Waals surface area contributed by atoms with Crippen molar-refractivity contribution in [1.29, 1.82) is 0 Å². The summed E-state index contributed by atoms with van der Waals surface area (Å²) in [6.07, 6.45) is 3.19. The average Bonchev–Trinajstić information content (AvgIpc) is 2.51. The van der Waals surface area contributed by atoms with E-state index in [9.17, 15) is 8.42 Å². The Bertz CT molecular complexity index is 303. The van der Waals surface area contributed by atoms with Gasteiger partial charge in [-0.2, -0.15) is 13.1 Å². The molecule has 1 aliphatic heterocycles. The molecule has 1 saturated heterocycles. The van der Waals surface area contributed by atoms with Crippen molar-refractivity contribution in [1.82, 2.24) is 14.8 Å². The van der Waals surface area contributed by atoms with Gasteiger partial charge in [0.25, 0.3) is 10.2 Å². The summed E-state index contributed by atoms with van der Waals surface area (Å²) in [7, 11) is -3.36. The van der Waals surface area contributed by atoms with Crippen LogP contribution in [-0.4, -0.2) is 33.1 Å². The van der Waals surface area contributed by atoms with E-state index >= 15 is 0 Å². The molecule has 1 rings (SSSR count). The highest BCUT2D eigenvalue weighted by atomic mass is 32.2. The van der Waals surface area contributed by atoms with Gasteiger partial charge in [0.15, 0.2) is 0 Å². The fraction of sp³-hybridized carbons (Fsp3) is 1.00. The maximum absolute atomic E-state index is 11.6. The maximum Gasteiger partial charge on any atom is 0.277 e. The summed E-state index contributed by atoms with van der Waals surface area (Å²) in [5.41, 5.74) is -0.433. The standard InChI is InChI=1S/C10H23N3O2S/c1-10(2,3)13-16(14,15)12-8-6-9-5-4-7-11-9/h9,11-13H,4-8H2,1-3H3/t9-/m0/s1. The van der Waals surface area contributed by atoms with Crippen LogP contribution in [0.1, 0.15) is 40.0 Å². The van der Waals surface area contributed by atoms with Crippen molar-refractivity contribution in [2.24, 2.45) is 0 Å². The van der Waals surface area contributed by atoms with Gasteiger partial charge < -0.3 is 5.32 Å². The monoisotopic (exact) mass is 249 g/mol. The predicted molar refractivity (Wildman–Crippen MR) is 65.5 cm³/mol. The van der Waals surface area contributed by atoms with Crippen LogP contribution in [0.4, 0.5) is 0 Å². The highest BCUT2D eigenvalue weighted by Crippen LogP contribution is 2.07. The van der Waals surface area contributed by atoms with Crippen LogP contribution >= 0.6 is 0 Å². The summed E-state index contributed by atoms with van der Waals surface area (Å²) in [5, 5.41) is 3.34. The van der Waals surface area contributed by atoms with Gasteiger partial charge in [-0.05, 0) is 46.6 Å². The summed E-state index contributed by atoms with van der Waals surface area (Å²) in [5.74, 6) is 0.